The van der Waals surface area contributed by atoms with Crippen molar-refractivity contribution in [2.45, 2.75) is 114 Å². The molecule has 14 nitrogen and oxygen atoms in total. The molecule has 1 aromatic heterocycles. The van der Waals surface area contributed by atoms with Crippen molar-refractivity contribution >= 4 is 37.7 Å². The number of nitriles is 1. The number of hydrogen-bond donors (Lipinski definition) is 1. The van der Waals surface area contributed by atoms with Crippen LogP contribution in [0.1, 0.15) is 84.6 Å². The van der Waals surface area contributed by atoms with Crippen LogP contribution in [0, 0.1) is 21.4 Å². The lowest BCUT2D eigenvalue weighted by Gasteiger charge is -2.37. The van der Waals surface area contributed by atoms with Gasteiger partial charge in [-0.3, -0.25) is 19.5 Å². The Kier molecular flexibility index (Phi) is 15.9. The van der Waals surface area contributed by atoms with Crippen LogP contribution in [0.3, 0.4) is 0 Å². The fourth-order valence-electron chi connectivity index (χ4n) is 6.04. The van der Waals surface area contributed by atoms with E-state index in [2.05, 4.69) is 21.0 Å². The Labute approximate surface area is 316 Å². The number of nitrogens with one attached hydrogen (secondary N) is 1. The Bertz CT molecular complexity index is 1780. The first-order valence-corrected chi connectivity index (χ1v) is 19.7. The van der Waals surface area contributed by atoms with Gasteiger partial charge in [-0.1, -0.05) is 43.8 Å². The molecule has 0 spiro atoms. The van der Waals surface area contributed by atoms with Crippen LogP contribution in [0.15, 0.2) is 69.3 Å². The van der Waals surface area contributed by atoms with E-state index in [9.17, 15) is 25.0 Å². The third-order valence-corrected chi connectivity index (χ3v) is 11.7. The van der Waals surface area contributed by atoms with Crippen molar-refractivity contribution in [1.29, 1.82) is 5.26 Å². The summed E-state index contributed by atoms with van der Waals surface area (Å²) >= 11 is 1.57. The van der Waals surface area contributed by atoms with Crippen LogP contribution in [0.25, 0.3) is 0 Å². The molecule has 0 bridgehead atoms. The molecular formula is C37H49N6O8PS. The highest BCUT2D eigenvalue weighted by molar-refractivity contribution is 7.99. The van der Waals surface area contributed by atoms with Gasteiger partial charge in [0.2, 0.25) is 5.91 Å². The van der Waals surface area contributed by atoms with Crippen molar-refractivity contribution in [1.82, 2.24) is 14.2 Å². The van der Waals surface area contributed by atoms with E-state index >= 15 is 0 Å². The molecule has 2 unspecified atom stereocenters. The number of ether oxygens (including phenoxy) is 2. The predicted octanol–water partition coefficient (Wildman–Crippen LogP) is 7.59. The smallest absolute Gasteiger partial charge is 0.351 e. The molecule has 2 heterocycles. The van der Waals surface area contributed by atoms with E-state index in [1.54, 1.807) is 17.8 Å². The van der Waals surface area contributed by atoms with E-state index in [4.69, 9.17) is 18.5 Å². The summed E-state index contributed by atoms with van der Waals surface area (Å²) in [5, 5.41) is 23.9. The van der Waals surface area contributed by atoms with Gasteiger partial charge in [0.25, 0.3) is 14.2 Å². The Morgan fingerprint density at radius 3 is 2.53 bits per heavy atom. The highest BCUT2D eigenvalue weighted by atomic mass is 32.2. The van der Waals surface area contributed by atoms with E-state index in [1.165, 1.54) is 23.8 Å². The number of hydrogen-bond acceptors (Lipinski definition) is 12. The minimum atomic E-state index is -1.65. The lowest BCUT2D eigenvalue weighted by atomic mass is 9.97. The van der Waals surface area contributed by atoms with Gasteiger partial charge in [0, 0.05) is 59.0 Å². The van der Waals surface area contributed by atoms with Crippen molar-refractivity contribution in [3.05, 3.63) is 86.5 Å². The number of aromatic nitrogens is 2. The molecule has 1 amide bonds. The largest absolute Gasteiger partial charge is 0.378 e. The molecule has 53 heavy (non-hydrogen) atoms. The number of nitro groups is 1. The summed E-state index contributed by atoms with van der Waals surface area (Å²) in [6, 6.07) is 17.2. The minimum Gasteiger partial charge on any atom is -0.378 e. The molecule has 3 aromatic rings. The van der Waals surface area contributed by atoms with E-state index in [-0.39, 0.29) is 73.0 Å². The Hall–Kier alpha value is -3.74. The highest BCUT2D eigenvalue weighted by Crippen LogP contribution is 2.50. The third kappa shape index (κ3) is 11.6. The molecule has 0 aliphatic carbocycles. The third-order valence-electron chi connectivity index (χ3n) is 8.45. The summed E-state index contributed by atoms with van der Waals surface area (Å²) in [6.07, 6.45) is 0.612. The summed E-state index contributed by atoms with van der Waals surface area (Å²) in [5.74, 6) is -0.567. The molecule has 1 saturated heterocycles. The first-order chi connectivity index (χ1) is 25.3. The average molecular weight is 769 g/mol. The number of nitrogens with zero attached hydrogens (tertiary/aromatic N) is 5. The zero-order valence-electron chi connectivity index (χ0n) is 31.3. The number of amides is 1. The predicted molar refractivity (Wildman–Crippen MR) is 204 cm³/mol. The zero-order chi connectivity index (χ0) is 38.7. The zero-order valence-corrected chi connectivity index (χ0v) is 33.0. The molecular weight excluding hydrogens is 719 g/mol. The van der Waals surface area contributed by atoms with Gasteiger partial charge in [0.05, 0.1) is 43.3 Å². The first-order valence-electron chi connectivity index (χ1n) is 17.7. The maximum Gasteiger partial charge on any atom is 0.351 e. The molecule has 1 fully saturated rings. The second-order valence-electron chi connectivity index (χ2n) is 13.2. The maximum atomic E-state index is 13.1. The maximum absolute atomic E-state index is 13.1. The van der Waals surface area contributed by atoms with Crippen molar-refractivity contribution in [3.63, 3.8) is 0 Å². The number of benzene rings is 2. The normalized spacial score (nSPS) is 18.3. The van der Waals surface area contributed by atoms with Gasteiger partial charge in [-0.25, -0.2) is 9.46 Å². The molecule has 1 aliphatic heterocycles. The van der Waals surface area contributed by atoms with E-state index in [1.807, 2.05) is 77.9 Å². The topological polar surface area (TPSA) is 171 Å². The fourth-order valence-corrected chi connectivity index (χ4v) is 8.87. The number of nitro benzene ring substituents is 1. The molecule has 0 radical (unpaired) electrons. The van der Waals surface area contributed by atoms with Gasteiger partial charge in [0.15, 0.2) is 0 Å². The average Bonchev–Trinajstić information content (AvgIpc) is 3.49. The standard InChI is InChI=1S/C37H49N6O8PS/c1-8-28-19-31(43(46)47)30(20-34(28)53-29-13-10-9-11-14-29)26(6)22-48-23-33-32(51-52(49-18-12-16-38)42(24(2)3)25(4)5)21-36(50-33)41-17-15-35(39-27(7)44)40-37(41)45/h9-11,13-15,17,19-20,24-26,32-33,36H,8,12,18,21-23H2,1-7H3,(H,39,40,44,45)/t26?,32-,33+,36+,52?/m0/s1. The fraction of sp³-hybridized carbons (Fsp3) is 0.514. The van der Waals surface area contributed by atoms with Crippen LogP contribution in [0.5, 0.6) is 0 Å². The number of carbonyl (C=O) groups excluding carboxylic acids is 1. The molecule has 5 atom stereocenters. The highest BCUT2D eigenvalue weighted by Gasteiger charge is 2.42. The van der Waals surface area contributed by atoms with Crippen LogP contribution in [-0.2, 0) is 29.7 Å². The monoisotopic (exact) mass is 768 g/mol. The Balaban J connectivity index is 1.58. The quantitative estimate of drug-likeness (QED) is 0.0549. The van der Waals surface area contributed by atoms with Crippen LogP contribution in [0.2, 0.25) is 0 Å². The van der Waals surface area contributed by atoms with Crippen molar-refractivity contribution in [2.24, 2.45) is 0 Å². The molecule has 1 N–H and O–H groups in total. The summed E-state index contributed by atoms with van der Waals surface area (Å²) in [6.45, 7) is 13.8. The number of aryl methyl sites for hydroxylation is 1. The van der Waals surface area contributed by atoms with Crippen molar-refractivity contribution in [3.8, 4) is 6.07 Å². The molecule has 4 rings (SSSR count). The van der Waals surface area contributed by atoms with Crippen LogP contribution < -0.4 is 11.0 Å². The lowest BCUT2D eigenvalue weighted by Crippen LogP contribution is -2.36. The molecule has 2 aromatic carbocycles. The Morgan fingerprint density at radius 1 is 1.21 bits per heavy atom. The van der Waals surface area contributed by atoms with Gasteiger partial charge in [-0.15, -0.1) is 0 Å². The Morgan fingerprint density at radius 2 is 1.92 bits per heavy atom. The summed E-state index contributed by atoms with van der Waals surface area (Å²) in [4.78, 5) is 42.5. The number of rotatable bonds is 19. The van der Waals surface area contributed by atoms with E-state index in [0.717, 1.165) is 15.4 Å². The minimum absolute atomic E-state index is 0.0472. The number of carbonyl (C=O) groups is 1. The van der Waals surface area contributed by atoms with Gasteiger partial charge in [-0.2, -0.15) is 10.2 Å². The second-order valence-corrected chi connectivity index (χ2v) is 15.7. The van der Waals surface area contributed by atoms with Crippen LogP contribution in [0.4, 0.5) is 11.5 Å². The van der Waals surface area contributed by atoms with Gasteiger partial charge < -0.3 is 23.8 Å². The molecule has 16 heteroatoms. The summed E-state index contributed by atoms with van der Waals surface area (Å²) < 4.78 is 29.0. The van der Waals surface area contributed by atoms with Gasteiger partial charge in [0.1, 0.15) is 18.1 Å². The molecule has 0 saturated carbocycles. The van der Waals surface area contributed by atoms with Gasteiger partial charge in [-0.05, 0) is 63.9 Å². The van der Waals surface area contributed by atoms with Gasteiger partial charge >= 0.3 is 5.69 Å². The summed E-state index contributed by atoms with van der Waals surface area (Å²) in [7, 11) is -1.65. The van der Waals surface area contributed by atoms with Crippen molar-refractivity contribution < 1.29 is 28.2 Å². The molecule has 286 valence electrons. The SMILES string of the molecule is CCc1cc([N+](=O)[O-])c(C(C)COC[C@H]2O[C@@H](n3ccc(NC(C)=O)nc3=O)C[C@@H]2OP(OCCC#N)N(C(C)C)C(C)C)cc1Sc1ccccc1. The first kappa shape index (κ1) is 42.0. The molecule has 1 aliphatic rings. The summed E-state index contributed by atoms with van der Waals surface area (Å²) in [5.41, 5.74) is 0.902. The second kappa shape index (κ2) is 20.1. The lowest BCUT2D eigenvalue weighted by molar-refractivity contribution is -0.385. The van der Waals surface area contributed by atoms with Crippen LogP contribution >= 0.6 is 20.3 Å². The van der Waals surface area contributed by atoms with Crippen LogP contribution in [-0.4, -0.2) is 69.2 Å². The number of anilines is 1. The van der Waals surface area contributed by atoms with E-state index < -0.39 is 32.7 Å². The van der Waals surface area contributed by atoms with E-state index in [0.29, 0.717) is 12.0 Å². The van der Waals surface area contributed by atoms with Crippen molar-refractivity contribution in [2.75, 3.05) is 25.1 Å².